The Labute approximate surface area is 240 Å². The van der Waals surface area contributed by atoms with Gasteiger partial charge in [0.15, 0.2) is 0 Å². The van der Waals surface area contributed by atoms with Crippen molar-refractivity contribution in [2.24, 2.45) is 0 Å². The van der Waals surface area contributed by atoms with Gasteiger partial charge >= 0.3 is 12.1 Å². The number of nitrogens with one attached hydrogen (secondary N) is 1. The van der Waals surface area contributed by atoms with Crippen LogP contribution in [0.3, 0.4) is 0 Å². The summed E-state index contributed by atoms with van der Waals surface area (Å²) in [4.78, 5) is 40.2. The summed E-state index contributed by atoms with van der Waals surface area (Å²) in [7, 11) is 0. The number of carboxylic acid groups (broad SMARTS) is 1. The number of hydrogen-bond donors (Lipinski definition) is 2. The van der Waals surface area contributed by atoms with Crippen LogP contribution in [0.1, 0.15) is 55.2 Å². The molecule has 0 unspecified atom stereocenters. The highest BCUT2D eigenvalue weighted by atomic mass is 16.5. The summed E-state index contributed by atoms with van der Waals surface area (Å²) >= 11 is 0. The third-order valence-corrected chi connectivity index (χ3v) is 8.06. The van der Waals surface area contributed by atoms with Crippen molar-refractivity contribution < 1.29 is 29.0 Å². The number of carboxylic acids is 1. The molecule has 0 heterocycles. The molecule has 1 fully saturated rings. The summed E-state index contributed by atoms with van der Waals surface area (Å²) in [5.74, 6) is -1.70. The van der Waals surface area contributed by atoms with Crippen LogP contribution in [0.5, 0.6) is 0 Å². The third kappa shape index (κ3) is 6.60. The molecule has 3 aromatic carbocycles. The number of benzene rings is 3. The van der Waals surface area contributed by atoms with E-state index < -0.39 is 36.7 Å². The molecule has 2 amide bonds. The van der Waals surface area contributed by atoms with Gasteiger partial charge in [0.2, 0.25) is 5.91 Å². The lowest BCUT2D eigenvalue weighted by atomic mass is 9.98. The predicted molar refractivity (Wildman–Crippen MR) is 154 cm³/mol. The average Bonchev–Trinajstić information content (AvgIpc) is 3.63. The maximum absolute atomic E-state index is 13.9. The highest BCUT2D eigenvalue weighted by Gasteiger charge is 2.37. The van der Waals surface area contributed by atoms with Crippen molar-refractivity contribution >= 4 is 18.0 Å². The molecule has 214 valence electrons. The molecule has 2 aliphatic rings. The topological polar surface area (TPSA) is 105 Å². The lowest BCUT2D eigenvalue weighted by molar-refractivity contribution is -0.149. The van der Waals surface area contributed by atoms with Gasteiger partial charge < -0.3 is 24.8 Å². The number of fused-ring (bicyclic) bond motifs is 3. The number of alkyl carbamates (subject to hydrolysis) is 1. The minimum atomic E-state index is -1.12. The normalized spacial score (nSPS) is 15.9. The summed E-state index contributed by atoms with van der Waals surface area (Å²) in [6, 6.07) is 24.4. The van der Waals surface area contributed by atoms with E-state index in [4.69, 9.17) is 9.47 Å². The van der Waals surface area contributed by atoms with E-state index in [0.29, 0.717) is 0 Å². The fraction of sp³-hybridized carbons (Fsp3) is 0.364. The second-order valence-corrected chi connectivity index (χ2v) is 10.7. The van der Waals surface area contributed by atoms with Crippen molar-refractivity contribution in [1.82, 2.24) is 10.2 Å². The summed E-state index contributed by atoms with van der Waals surface area (Å²) in [5.41, 5.74) is 5.33. The molecule has 3 aromatic rings. The van der Waals surface area contributed by atoms with Crippen LogP contribution in [-0.2, 0) is 25.7 Å². The van der Waals surface area contributed by atoms with Crippen LogP contribution in [-0.4, -0.2) is 59.3 Å². The van der Waals surface area contributed by atoms with E-state index in [1.807, 2.05) is 66.7 Å². The molecule has 2 N–H and O–H groups in total. The molecule has 5 rings (SSSR count). The fourth-order valence-corrected chi connectivity index (χ4v) is 5.97. The first-order valence-corrected chi connectivity index (χ1v) is 14.2. The van der Waals surface area contributed by atoms with E-state index in [1.165, 1.54) is 4.90 Å². The van der Waals surface area contributed by atoms with Crippen molar-refractivity contribution in [3.63, 3.8) is 0 Å². The molecule has 0 saturated heterocycles. The number of carbonyl (C=O) groups excluding carboxylic acids is 2. The minimum absolute atomic E-state index is 0.0987. The van der Waals surface area contributed by atoms with Crippen LogP contribution in [0.25, 0.3) is 11.1 Å². The Morgan fingerprint density at radius 1 is 0.902 bits per heavy atom. The number of nitrogens with zero attached hydrogens (tertiary/aromatic N) is 1. The summed E-state index contributed by atoms with van der Waals surface area (Å²) < 4.78 is 11.8. The van der Waals surface area contributed by atoms with Gasteiger partial charge in [-0.1, -0.05) is 91.7 Å². The molecule has 2 aliphatic carbocycles. The molecule has 41 heavy (non-hydrogen) atoms. The Hall–Kier alpha value is -4.17. The quantitative estimate of drug-likeness (QED) is 0.330. The molecule has 8 nitrogen and oxygen atoms in total. The first-order chi connectivity index (χ1) is 19.9. The molecule has 0 aliphatic heterocycles. The smallest absolute Gasteiger partial charge is 0.407 e. The summed E-state index contributed by atoms with van der Waals surface area (Å²) in [6.45, 7) is 1.61. The molecule has 8 heteroatoms. The second kappa shape index (κ2) is 13.0. The predicted octanol–water partition coefficient (Wildman–Crippen LogP) is 5.35. The van der Waals surface area contributed by atoms with E-state index in [0.717, 1.165) is 53.5 Å². The van der Waals surface area contributed by atoms with Gasteiger partial charge in [-0.05, 0) is 47.6 Å². The van der Waals surface area contributed by atoms with Crippen LogP contribution in [0.4, 0.5) is 4.79 Å². The first-order valence-electron chi connectivity index (χ1n) is 14.2. The minimum Gasteiger partial charge on any atom is -0.480 e. The molecule has 0 radical (unpaired) electrons. The zero-order chi connectivity index (χ0) is 28.8. The number of ether oxygens (including phenoxy) is 2. The summed E-state index contributed by atoms with van der Waals surface area (Å²) in [5, 5.41) is 12.3. The first kappa shape index (κ1) is 28.4. The Kier molecular flexibility index (Phi) is 8.99. The molecule has 2 atom stereocenters. The maximum atomic E-state index is 13.9. The van der Waals surface area contributed by atoms with Gasteiger partial charge in [-0.3, -0.25) is 9.59 Å². The van der Waals surface area contributed by atoms with E-state index in [-0.39, 0.29) is 25.2 Å². The van der Waals surface area contributed by atoms with Crippen LogP contribution in [0, 0.1) is 0 Å². The number of rotatable bonds is 11. The van der Waals surface area contributed by atoms with Crippen molar-refractivity contribution in [1.29, 1.82) is 0 Å². The lowest BCUT2D eigenvalue weighted by Crippen LogP contribution is -2.57. The summed E-state index contributed by atoms with van der Waals surface area (Å²) in [6.07, 6.45) is 1.84. The van der Waals surface area contributed by atoms with Crippen LogP contribution in [0.15, 0.2) is 78.9 Å². The van der Waals surface area contributed by atoms with Gasteiger partial charge in [0.25, 0.3) is 0 Å². The van der Waals surface area contributed by atoms with Gasteiger partial charge in [0.1, 0.15) is 19.2 Å². The van der Waals surface area contributed by atoms with E-state index in [2.05, 4.69) is 17.4 Å². The van der Waals surface area contributed by atoms with E-state index in [1.54, 1.807) is 6.92 Å². The number of amides is 2. The molecule has 1 saturated carbocycles. The average molecular weight is 557 g/mol. The Balaban J connectivity index is 1.31. The lowest BCUT2D eigenvalue weighted by Gasteiger charge is -2.33. The fourth-order valence-electron chi connectivity index (χ4n) is 5.97. The Morgan fingerprint density at radius 2 is 1.49 bits per heavy atom. The van der Waals surface area contributed by atoms with Crippen molar-refractivity contribution in [3.8, 4) is 11.1 Å². The van der Waals surface area contributed by atoms with Gasteiger partial charge in [0, 0.05) is 12.0 Å². The third-order valence-electron chi connectivity index (χ3n) is 8.06. The van der Waals surface area contributed by atoms with Gasteiger partial charge in [-0.15, -0.1) is 0 Å². The highest BCUT2D eigenvalue weighted by Crippen LogP contribution is 2.44. The maximum Gasteiger partial charge on any atom is 0.407 e. The van der Waals surface area contributed by atoms with Crippen LogP contribution in [0.2, 0.25) is 0 Å². The SMILES string of the molecule is C[C@H](OCc1ccccc1)[C@@H](NC(=O)OCC1c2ccccc2-c2ccccc21)C(=O)N(CC(=O)O)C1CCCC1. The van der Waals surface area contributed by atoms with Crippen LogP contribution < -0.4 is 5.32 Å². The Bertz CT molecular complexity index is 1330. The van der Waals surface area contributed by atoms with Gasteiger partial charge in [0.05, 0.1) is 12.7 Å². The second-order valence-electron chi connectivity index (χ2n) is 10.7. The van der Waals surface area contributed by atoms with Gasteiger partial charge in [-0.2, -0.15) is 0 Å². The van der Waals surface area contributed by atoms with E-state index >= 15 is 0 Å². The van der Waals surface area contributed by atoms with Crippen molar-refractivity contribution in [2.75, 3.05) is 13.2 Å². The van der Waals surface area contributed by atoms with Crippen molar-refractivity contribution in [2.45, 2.75) is 63.3 Å². The van der Waals surface area contributed by atoms with Crippen LogP contribution >= 0.6 is 0 Å². The molecule has 0 aromatic heterocycles. The van der Waals surface area contributed by atoms with E-state index in [9.17, 15) is 19.5 Å². The van der Waals surface area contributed by atoms with Gasteiger partial charge in [-0.25, -0.2) is 4.79 Å². The molecular formula is C33H36N2O6. The highest BCUT2D eigenvalue weighted by molar-refractivity contribution is 5.89. The standard InChI is InChI=1S/C33H36N2O6/c1-22(40-20-23-11-3-2-4-12-23)31(32(38)35(19-30(36)37)24-13-5-6-14-24)34-33(39)41-21-29-27-17-9-7-15-25(27)26-16-8-10-18-28(26)29/h2-4,7-12,15-18,22,24,29,31H,5-6,13-14,19-21H2,1H3,(H,34,39)(H,36,37)/t22-,31+/m0/s1. The zero-order valence-corrected chi connectivity index (χ0v) is 23.2. The molecule has 0 spiro atoms. The largest absolute Gasteiger partial charge is 0.480 e. The zero-order valence-electron chi connectivity index (χ0n) is 23.2. The Morgan fingerprint density at radius 3 is 2.10 bits per heavy atom. The number of aliphatic carboxylic acids is 1. The number of carbonyl (C=O) groups is 3. The van der Waals surface area contributed by atoms with Crippen molar-refractivity contribution in [3.05, 3.63) is 95.6 Å². The monoisotopic (exact) mass is 556 g/mol. The number of hydrogen-bond acceptors (Lipinski definition) is 5. The molecule has 0 bridgehead atoms. The molecular weight excluding hydrogens is 520 g/mol.